The van der Waals surface area contributed by atoms with Gasteiger partial charge in [0.2, 0.25) is 0 Å². The maximum atomic E-state index is 13.3. The van der Waals surface area contributed by atoms with Crippen LogP contribution in [0.15, 0.2) is 6.07 Å². The normalized spacial score (nSPS) is 12.2. The number of benzene rings is 1. The Morgan fingerprint density at radius 1 is 1.30 bits per heavy atom. The number of methoxy groups -OCH3 is 1. The average molecular weight is 397 g/mol. The fraction of sp³-hybridized carbons (Fsp3) is 0.417. The molecule has 0 unspecified atom stereocenters. The standard InChI is InChI=1S/C12H11Cl3F3NO4/c1-22-9-6(4-20)5(3-11(13,14)15)7(12(16,17)18)2-8(9)23-10(19)21/h2,20H,3-4H2,1H3,(H2,19,21). The second-order valence-electron chi connectivity index (χ2n) is 4.28. The van der Waals surface area contributed by atoms with Crippen molar-refractivity contribution >= 4 is 40.9 Å². The van der Waals surface area contributed by atoms with Crippen molar-refractivity contribution in [3.05, 3.63) is 22.8 Å². The van der Waals surface area contributed by atoms with E-state index in [0.717, 1.165) is 7.11 Å². The Kier molecular flexibility index (Phi) is 6.25. The molecule has 23 heavy (non-hydrogen) atoms. The number of alkyl halides is 6. The monoisotopic (exact) mass is 395 g/mol. The Morgan fingerprint density at radius 2 is 1.87 bits per heavy atom. The molecule has 0 heterocycles. The van der Waals surface area contributed by atoms with Crippen molar-refractivity contribution < 1.29 is 32.5 Å². The molecule has 1 aromatic rings. The van der Waals surface area contributed by atoms with E-state index in [1.807, 2.05) is 0 Å². The van der Waals surface area contributed by atoms with Crippen LogP contribution in [0.1, 0.15) is 16.7 Å². The molecule has 0 aliphatic rings. The average Bonchev–Trinajstić information content (AvgIpc) is 2.35. The van der Waals surface area contributed by atoms with Crippen LogP contribution in [0.3, 0.4) is 0 Å². The number of primary amides is 1. The number of rotatable bonds is 4. The Morgan fingerprint density at radius 3 is 2.22 bits per heavy atom. The lowest BCUT2D eigenvalue weighted by Crippen LogP contribution is -2.21. The molecule has 0 aliphatic heterocycles. The van der Waals surface area contributed by atoms with Gasteiger partial charge in [0.05, 0.1) is 19.3 Å². The third-order valence-corrected chi connectivity index (χ3v) is 3.12. The molecule has 1 aromatic carbocycles. The summed E-state index contributed by atoms with van der Waals surface area (Å²) in [6.45, 7) is -0.877. The van der Waals surface area contributed by atoms with Crippen molar-refractivity contribution in [2.45, 2.75) is 23.0 Å². The number of hydrogen-bond donors (Lipinski definition) is 2. The maximum absolute atomic E-state index is 13.3. The molecule has 1 rings (SSSR count). The lowest BCUT2D eigenvalue weighted by Gasteiger charge is -2.23. The minimum atomic E-state index is -4.86. The lowest BCUT2D eigenvalue weighted by molar-refractivity contribution is -0.138. The van der Waals surface area contributed by atoms with Crippen molar-refractivity contribution in [3.63, 3.8) is 0 Å². The summed E-state index contributed by atoms with van der Waals surface area (Å²) >= 11 is 16.7. The zero-order valence-electron chi connectivity index (χ0n) is 11.5. The number of aliphatic hydroxyl groups is 1. The van der Waals surface area contributed by atoms with Gasteiger partial charge in [0.1, 0.15) is 0 Å². The second kappa shape index (κ2) is 7.21. The third kappa shape index (κ3) is 5.20. The number of halogens is 6. The Labute approximate surface area is 144 Å². The molecular weight excluding hydrogens is 385 g/mol. The van der Waals surface area contributed by atoms with Crippen LogP contribution < -0.4 is 15.2 Å². The topological polar surface area (TPSA) is 81.8 Å². The Balaban J connectivity index is 3.73. The first kappa shape index (κ1) is 20.0. The summed E-state index contributed by atoms with van der Waals surface area (Å²) in [6, 6.07) is 0.495. The van der Waals surface area contributed by atoms with Crippen molar-refractivity contribution in [3.8, 4) is 11.5 Å². The first-order valence-electron chi connectivity index (χ1n) is 5.85. The molecule has 11 heteroatoms. The van der Waals surface area contributed by atoms with E-state index in [-0.39, 0.29) is 11.3 Å². The fourth-order valence-corrected chi connectivity index (χ4v) is 2.36. The molecule has 130 valence electrons. The molecule has 0 saturated heterocycles. The molecule has 0 bridgehead atoms. The summed E-state index contributed by atoms with van der Waals surface area (Å²) in [5.41, 5.74) is 2.75. The van der Waals surface area contributed by atoms with Gasteiger partial charge in [0.25, 0.3) is 0 Å². The number of hydrogen-bond acceptors (Lipinski definition) is 4. The molecule has 0 aromatic heterocycles. The minimum absolute atomic E-state index is 0.316. The highest BCUT2D eigenvalue weighted by atomic mass is 35.6. The lowest BCUT2D eigenvalue weighted by atomic mass is 9.96. The number of carbonyl (C=O) groups is 1. The van der Waals surface area contributed by atoms with Gasteiger partial charge in [-0.3, -0.25) is 0 Å². The number of amides is 1. The van der Waals surface area contributed by atoms with E-state index in [9.17, 15) is 23.1 Å². The van der Waals surface area contributed by atoms with Crippen LogP contribution >= 0.6 is 34.8 Å². The van der Waals surface area contributed by atoms with E-state index in [2.05, 4.69) is 4.74 Å². The molecule has 5 nitrogen and oxygen atoms in total. The number of aliphatic hydroxyl groups excluding tert-OH is 1. The predicted molar refractivity (Wildman–Crippen MR) is 78.1 cm³/mol. The van der Waals surface area contributed by atoms with Gasteiger partial charge in [-0.15, -0.1) is 0 Å². The Hall–Kier alpha value is -1.09. The van der Waals surface area contributed by atoms with Gasteiger partial charge < -0.3 is 20.3 Å². The number of ether oxygens (including phenoxy) is 2. The van der Waals surface area contributed by atoms with Gasteiger partial charge in [-0.2, -0.15) is 13.2 Å². The number of nitrogens with two attached hydrogens (primary N) is 1. The van der Waals surface area contributed by atoms with Gasteiger partial charge >= 0.3 is 12.3 Å². The molecule has 0 aliphatic carbocycles. The molecule has 1 amide bonds. The van der Waals surface area contributed by atoms with Crippen LogP contribution in [-0.2, 0) is 19.2 Å². The highest BCUT2D eigenvalue weighted by molar-refractivity contribution is 6.67. The van der Waals surface area contributed by atoms with Crippen LogP contribution in [0.4, 0.5) is 18.0 Å². The van der Waals surface area contributed by atoms with Crippen molar-refractivity contribution in [2.24, 2.45) is 5.73 Å². The molecule has 0 fully saturated rings. The molecular formula is C12H11Cl3F3NO4. The zero-order valence-corrected chi connectivity index (χ0v) is 13.8. The first-order valence-corrected chi connectivity index (χ1v) is 6.99. The van der Waals surface area contributed by atoms with Gasteiger partial charge in [-0.1, -0.05) is 34.8 Å². The number of carbonyl (C=O) groups excluding carboxylic acids is 1. The van der Waals surface area contributed by atoms with Gasteiger partial charge in [-0.05, 0) is 11.6 Å². The summed E-state index contributed by atoms with van der Waals surface area (Å²) < 4.78 is 47.2. The van der Waals surface area contributed by atoms with Crippen molar-refractivity contribution in [1.29, 1.82) is 0 Å². The molecule has 0 saturated carbocycles. The zero-order chi connectivity index (χ0) is 18.0. The summed E-state index contributed by atoms with van der Waals surface area (Å²) in [5, 5.41) is 9.43. The van der Waals surface area contributed by atoms with Crippen LogP contribution in [0.5, 0.6) is 11.5 Å². The molecule has 0 radical (unpaired) electrons. The van der Waals surface area contributed by atoms with E-state index < -0.39 is 46.0 Å². The third-order valence-electron chi connectivity index (χ3n) is 2.72. The predicted octanol–water partition coefficient (Wildman–Crippen LogP) is 3.58. The van der Waals surface area contributed by atoms with E-state index in [1.54, 1.807) is 0 Å². The van der Waals surface area contributed by atoms with Gasteiger partial charge in [-0.25, -0.2) is 4.79 Å². The van der Waals surface area contributed by atoms with E-state index in [4.69, 9.17) is 45.3 Å². The molecule has 3 N–H and O–H groups in total. The highest BCUT2D eigenvalue weighted by Crippen LogP contribution is 2.45. The fourth-order valence-electron chi connectivity index (χ4n) is 1.96. The smallest absolute Gasteiger partial charge is 0.416 e. The molecule has 0 atom stereocenters. The summed E-state index contributed by atoms with van der Waals surface area (Å²) in [6.07, 6.45) is -6.87. The Bertz CT molecular complexity index is 603. The summed E-state index contributed by atoms with van der Waals surface area (Å²) in [7, 11) is 1.11. The second-order valence-corrected chi connectivity index (χ2v) is 6.80. The molecule has 0 spiro atoms. The van der Waals surface area contributed by atoms with Crippen LogP contribution in [0, 0.1) is 0 Å². The van der Waals surface area contributed by atoms with Gasteiger partial charge in [0, 0.05) is 12.0 Å². The van der Waals surface area contributed by atoms with Crippen molar-refractivity contribution in [1.82, 2.24) is 0 Å². The maximum Gasteiger partial charge on any atom is 0.416 e. The van der Waals surface area contributed by atoms with Gasteiger partial charge in [0.15, 0.2) is 15.3 Å². The first-order chi connectivity index (χ1) is 10.4. The van der Waals surface area contributed by atoms with Crippen LogP contribution in [-0.4, -0.2) is 22.1 Å². The summed E-state index contributed by atoms with van der Waals surface area (Å²) in [4.78, 5) is 10.8. The van der Waals surface area contributed by atoms with Crippen molar-refractivity contribution in [2.75, 3.05) is 7.11 Å². The van der Waals surface area contributed by atoms with Crippen LogP contribution in [0.25, 0.3) is 0 Å². The van der Waals surface area contributed by atoms with E-state index >= 15 is 0 Å². The van der Waals surface area contributed by atoms with E-state index in [1.165, 1.54) is 0 Å². The quantitative estimate of drug-likeness (QED) is 0.762. The van der Waals surface area contributed by atoms with E-state index in [0.29, 0.717) is 6.07 Å². The minimum Gasteiger partial charge on any atom is -0.492 e. The highest BCUT2D eigenvalue weighted by Gasteiger charge is 2.39. The summed E-state index contributed by atoms with van der Waals surface area (Å²) in [5.74, 6) is -0.923. The SMILES string of the molecule is COc1c(OC(N)=O)cc(C(F)(F)F)c(CC(Cl)(Cl)Cl)c1CO. The largest absolute Gasteiger partial charge is 0.492 e. The van der Waals surface area contributed by atoms with Crippen LogP contribution in [0.2, 0.25) is 0 Å².